The quantitative estimate of drug-likeness (QED) is 0.663. The topological polar surface area (TPSA) is 108 Å². The first-order valence-corrected chi connectivity index (χ1v) is 8.91. The fourth-order valence-electron chi connectivity index (χ4n) is 3.31. The Morgan fingerprint density at radius 2 is 2.04 bits per heavy atom. The van der Waals surface area contributed by atoms with E-state index in [0.29, 0.717) is 23.1 Å². The number of benzene rings is 1. The van der Waals surface area contributed by atoms with Crippen LogP contribution in [0.4, 0.5) is 0 Å². The zero-order valence-electron chi connectivity index (χ0n) is 14.9. The molecule has 27 heavy (non-hydrogen) atoms. The summed E-state index contributed by atoms with van der Waals surface area (Å²) in [5.41, 5.74) is 1.20. The highest BCUT2D eigenvalue weighted by Gasteiger charge is 2.38. The molecule has 1 saturated heterocycles. The number of fused-ring (bicyclic) bond motifs is 1. The summed E-state index contributed by atoms with van der Waals surface area (Å²) in [7, 11) is 0. The molecule has 8 heteroatoms. The maximum atomic E-state index is 10.3. The molecule has 144 valence electrons. The fourth-order valence-corrected chi connectivity index (χ4v) is 3.31. The lowest BCUT2D eigenvalue weighted by Gasteiger charge is -2.30. The van der Waals surface area contributed by atoms with Gasteiger partial charge >= 0.3 is 0 Å². The summed E-state index contributed by atoms with van der Waals surface area (Å²) in [6, 6.07) is 9.36. The van der Waals surface area contributed by atoms with Gasteiger partial charge in [-0.05, 0) is 37.3 Å². The standard InChI is InChI=1S/C19H22N2O6/c1-2-25-13-5-3-11(4-6-13)15-7-12-9-21(19(24)20-18(12)27-15)17-8-14(23)16(10-22)26-17/h3-7,9,14,16-17,19,22-24H,2,8,10H2,1H3/t14-,16+,17+,19?/m0/s1. The van der Waals surface area contributed by atoms with Crippen molar-refractivity contribution < 1.29 is 29.2 Å². The smallest absolute Gasteiger partial charge is 0.230 e. The minimum Gasteiger partial charge on any atom is -0.494 e. The Morgan fingerprint density at radius 1 is 1.26 bits per heavy atom. The number of aliphatic hydroxyl groups is 3. The number of hydrogen-bond acceptors (Lipinski definition) is 8. The minimum atomic E-state index is -1.19. The summed E-state index contributed by atoms with van der Waals surface area (Å²) in [4.78, 5) is 5.69. The van der Waals surface area contributed by atoms with Crippen molar-refractivity contribution in [3.63, 3.8) is 0 Å². The lowest BCUT2D eigenvalue weighted by molar-refractivity contribution is -0.103. The van der Waals surface area contributed by atoms with E-state index in [2.05, 4.69) is 4.99 Å². The summed E-state index contributed by atoms with van der Waals surface area (Å²) in [6.07, 6.45) is -1.25. The largest absolute Gasteiger partial charge is 0.494 e. The van der Waals surface area contributed by atoms with Gasteiger partial charge in [-0.3, -0.25) is 0 Å². The van der Waals surface area contributed by atoms with Gasteiger partial charge in [0, 0.05) is 18.2 Å². The molecular formula is C19H22N2O6. The molecule has 3 heterocycles. The van der Waals surface area contributed by atoms with Crippen LogP contribution in [0.5, 0.6) is 5.75 Å². The van der Waals surface area contributed by atoms with Crippen LogP contribution in [0.15, 0.2) is 39.7 Å². The molecule has 3 N–H and O–H groups in total. The third-order valence-electron chi connectivity index (χ3n) is 4.69. The van der Waals surface area contributed by atoms with Gasteiger partial charge in [0.25, 0.3) is 0 Å². The van der Waals surface area contributed by atoms with E-state index in [4.69, 9.17) is 13.9 Å². The van der Waals surface area contributed by atoms with E-state index in [0.717, 1.165) is 11.3 Å². The van der Waals surface area contributed by atoms with Crippen LogP contribution in [0.3, 0.4) is 0 Å². The van der Waals surface area contributed by atoms with E-state index in [1.807, 2.05) is 37.3 Å². The van der Waals surface area contributed by atoms with E-state index < -0.39 is 24.8 Å². The molecule has 2 aliphatic rings. The van der Waals surface area contributed by atoms with Crippen molar-refractivity contribution in [3.05, 3.63) is 41.1 Å². The zero-order valence-corrected chi connectivity index (χ0v) is 14.9. The van der Waals surface area contributed by atoms with Crippen LogP contribution in [0.25, 0.3) is 17.5 Å². The Balaban J connectivity index is 1.61. The van der Waals surface area contributed by atoms with Gasteiger partial charge in [-0.25, -0.2) is 0 Å². The van der Waals surface area contributed by atoms with Crippen molar-refractivity contribution in [3.8, 4) is 17.1 Å². The summed E-state index contributed by atoms with van der Waals surface area (Å²) in [5.74, 6) is 1.41. The lowest BCUT2D eigenvalue weighted by Crippen LogP contribution is -2.45. The van der Waals surface area contributed by atoms with Gasteiger partial charge in [-0.1, -0.05) is 0 Å². The zero-order chi connectivity index (χ0) is 19.0. The van der Waals surface area contributed by atoms with E-state index >= 15 is 0 Å². The monoisotopic (exact) mass is 374 g/mol. The first kappa shape index (κ1) is 18.0. The Kier molecular flexibility index (Phi) is 4.88. The maximum Gasteiger partial charge on any atom is 0.230 e. The number of rotatable bonds is 5. The van der Waals surface area contributed by atoms with Crippen LogP contribution >= 0.6 is 0 Å². The highest BCUT2D eigenvalue weighted by Crippen LogP contribution is 2.26. The summed E-state index contributed by atoms with van der Waals surface area (Å²) >= 11 is 0. The maximum absolute atomic E-state index is 10.3. The molecule has 0 radical (unpaired) electrons. The van der Waals surface area contributed by atoms with Crippen molar-refractivity contribution in [2.24, 2.45) is 4.99 Å². The molecule has 4 rings (SSSR count). The molecule has 2 aromatic rings. The Bertz CT molecular complexity index is 909. The lowest BCUT2D eigenvalue weighted by atomic mass is 10.1. The second-order valence-corrected chi connectivity index (χ2v) is 6.50. The van der Waals surface area contributed by atoms with Crippen LogP contribution < -0.4 is 15.5 Å². The van der Waals surface area contributed by atoms with Crippen molar-refractivity contribution in [1.29, 1.82) is 0 Å². The molecule has 8 nitrogen and oxygen atoms in total. The summed E-state index contributed by atoms with van der Waals surface area (Å²) in [6.45, 7) is 2.25. The Hall–Kier alpha value is -2.39. The van der Waals surface area contributed by atoms with Gasteiger partial charge in [0.2, 0.25) is 11.9 Å². The van der Waals surface area contributed by atoms with E-state index in [1.165, 1.54) is 4.90 Å². The highest BCUT2D eigenvalue weighted by molar-refractivity contribution is 5.58. The molecule has 0 spiro atoms. The highest BCUT2D eigenvalue weighted by atomic mass is 16.5. The number of aliphatic hydroxyl groups excluding tert-OH is 3. The first-order chi connectivity index (χ1) is 13.1. The molecule has 1 aromatic heterocycles. The average Bonchev–Trinajstić information content (AvgIpc) is 3.24. The van der Waals surface area contributed by atoms with Gasteiger partial charge in [-0.15, -0.1) is 0 Å². The van der Waals surface area contributed by atoms with Crippen LogP contribution in [0, 0.1) is 0 Å². The molecule has 0 saturated carbocycles. The summed E-state index contributed by atoms with van der Waals surface area (Å²) < 4.78 is 16.8. The van der Waals surface area contributed by atoms with Gasteiger partial charge in [-0.2, -0.15) is 4.99 Å². The second-order valence-electron chi connectivity index (χ2n) is 6.50. The van der Waals surface area contributed by atoms with Gasteiger partial charge in [0.1, 0.15) is 23.8 Å². The normalized spacial score (nSPS) is 27.0. The van der Waals surface area contributed by atoms with Crippen molar-refractivity contribution in [1.82, 2.24) is 4.90 Å². The fraction of sp³-hybridized carbons (Fsp3) is 0.421. The second kappa shape index (κ2) is 7.32. The van der Waals surface area contributed by atoms with Gasteiger partial charge in [0.05, 0.1) is 24.5 Å². The number of nitrogens with zero attached hydrogens (tertiary/aromatic N) is 2. The predicted octanol–water partition coefficient (Wildman–Crippen LogP) is -0.237. The van der Waals surface area contributed by atoms with Gasteiger partial charge in [0.15, 0.2) is 0 Å². The van der Waals surface area contributed by atoms with E-state index in [9.17, 15) is 15.3 Å². The van der Waals surface area contributed by atoms with E-state index in [1.54, 1.807) is 6.20 Å². The Labute approximate surface area is 155 Å². The number of ether oxygens (including phenoxy) is 2. The van der Waals surface area contributed by atoms with Crippen molar-refractivity contribution in [2.45, 2.75) is 38.1 Å². The Morgan fingerprint density at radius 3 is 2.70 bits per heavy atom. The van der Waals surface area contributed by atoms with Crippen LogP contribution in [0.2, 0.25) is 0 Å². The number of furan rings is 1. The van der Waals surface area contributed by atoms with Crippen molar-refractivity contribution in [2.75, 3.05) is 13.2 Å². The molecule has 0 aliphatic carbocycles. The third kappa shape index (κ3) is 3.44. The summed E-state index contributed by atoms with van der Waals surface area (Å²) in [5, 5.41) is 30.2. The van der Waals surface area contributed by atoms with E-state index in [-0.39, 0.29) is 13.0 Å². The molecule has 4 atom stereocenters. The first-order valence-electron chi connectivity index (χ1n) is 8.91. The van der Waals surface area contributed by atoms with Crippen molar-refractivity contribution >= 4 is 6.20 Å². The molecule has 0 amide bonds. The third-order valence-corrected chi connectivity index (χ3v) is 4.69. The minimum absolute atomic E-state index is 0.271. The molecule has 1 fully saturated rings. The number of hydrogen-bond donors (Lipinski definition) is 3. The SMILES string of the molecule is CCOc1ccc(-c2cc3c(o2)=NC(O)N([C@H]2C[C@H](O)[C@@H](CO)O2)C=3)cc1. The van der Waals surface area contributed by atoms with Gasteiger partial charge < -0.3 is 34.1 Å². The molecule has 1 aromatic carbocycles. The molecular weight excluding hydrogens is 352 g/mol. The predicted molar refractivity (Wildman–Crippen MR) is 94.8 cm³/mol. The average molecular weight is 374 g/mol. The molecule has 0 bridgehead atoms. The van der Waals surface area contributed by atoms with Crippen LogP contribution in [-0.4, -0.2) is 58.2 Å². The van der Waals surface area contributed by atoms with Crippen LogP contribution in [0.1, 0.15) is 13.3 Å². The molecule has 2 aliphatic heterocycles. The molecule has 1 unspecified atom stereocenters. The van der Waals surface area contributed by atoms with Crippen LogP contribution in [-0.2, 0) is 4.74 Å².